The van der Waals surface area contributed by atoms with Crippen LogP contribution in [0.1, 0.15) is 18.9 Å². The second-order valence-electron chi connectivity index (χ2n) is 4.30. The molecular formula is C12H13Cl2F. The van der Waals surface area contributed by atoms with Crippen molar-refractivity contribution in [2.75, 3.05) is 0 Å². The van der Waals surface area contributed by atoms with Crippen molar-refractivity contribution < 1.29 is 4.39 Å². The Morgan fingerprint density at radius 1 is 1.53 bits per heavy atom. The van der Waals surface area contributed by atoms with Gasteiger partial charge in [0.05, 0.1) is 0 Å². The summed E-state index contributed by atoms with van der Waals surface area (Å²) in [4.78, 5) is 0. The Kier molecular flexibility index (Phi) is 3.22. The molecule has 0 bridgehead atoms. The maximum absolute atomic E-state index is 13.4. The minimum absolute atomic E-state index is 0.00870. The summed E-state index contributed by atoms with van der Waals surface area (Å²) in [5.74, 6) is 0.960. The van der Waals surface area contributed by atoms with E-state index < -0.39 is 0 Å². The summed E-state index contributed by atoms with van der Waals surface area (Å²) in [5, 5.41) is 0.489. The van der Waals surface area contributed by atoms with Crippen molar-refractivity contribution in [3.8, 4) is 0 Å². The Bertz CT molecular complexity index is 344. The first-order valence-corrected chi connectivity index (χ1v) is 5.98. The molecule has 3 atom stereocenters. The second-order valence-corrected chi connectivity index (χ2v) is 5.26. The standard InChI is InChI=1S/C12H13Cl2F/c1-7-5-8(7)11(14)6-9-10(13)3-2-4-12(9)15/h2-4,7-8,11H,5-6H2,1H3. The minimum atomic E-state index is -0.249. The lowest BCUT2D eigenvalue weighted by atomic mass is 10.1. The van der Waals surface area contributed by atoms with Gasteiger partial charge in [0.2, 0.25) is 0 Å². The zero-order valence-corrected chi connectivity index (χ0v) is 10.0. The number of benzene rings is 1. The first kappa shape index (κ1) is 11.2. The SMILES string of the molecule is CC1CC1C(Cl)Cc1c(F)cccc1Cl. The summed E-state index contributed by atoms with van der Waals surface area (Å²) >= 11 is 12.2. The van der Waals surface area contributed by atoms with Gasteiger partial charge in [0, 0.05) is 16.0 Å². The van der Waals surface area contributed by atoms with Gasteiger partial charge in [0.25, 0.3) is 0 Å². The molecular weight excluding hydrogens is 234 g/mol. The molecule has 0 nitrogen and oxygen atoms in total. The number of hydrogen-bond acceptors (Lipinski definition) is 0. The topological polar surface area (TPSA) is 0 Å². The molecule has 2 rings (SSSR count). The lowest BCUT2D eigenvalue weighted by molar-refractivity contribution is 0.594. The Labute approximate surface area is 99.4 Å². The Morgan fingerprint density at radius 3 is 2.73 bits per heavy atom. The van der Waals surface area contributed by atoms with E-state index in [2.05, 4.69) is 6.92 Å². The maximum atomic E-state index is 13.4. The molecule has 1 saturated carbocycles. The number of halogens is 3. The molecule has 0 aliphatic heterocycles. The first-order chi connectivity index (χ1) is 7.09. The van der Waals surface area contributed by atoms with E-state index in [1.165, 1.54) is 6.07 Å². The highest BCUT2D eigenvalue weighted by Gasteiger charge is 2.38. The van der Waals surface area contributed by atoms with Gasteiger partial charge < -0.3 is 0 Å². The molecule has 0 spiro atoms. The van der Waals surface area contributed by atoms with Crippen LogP contribution < -0.4 is 0 Å². The van der Waals surface area contributed by atoms with Crippen molar-refractivity contribution in [3.05, 3.63) is 34.6 Å². The Balaban J connectivity index is 2.10. The molecule has 3 heteroatoms. The lowest BCUT2D eigenvalue weighted by Crippen LogP contribution is -2.09. The average Bonchev–Trinajstić information content (AvgIpc) is 2.89. The summed E-state index contributed by atoms with van der Waals surface area (Å²) < 4.78 is 13.4. The predicted octanol–water partition coefficient (Wildman–Crippen LogP) is 4.29. The van der Waals surface area contributed by atoms with Crippen LogP contribution in [0.4, 0.5) is 4.39 Å². The largest absolute Gasteiger partial charge is 0.207 e. The summed E-state index contributed by atoms with van der Waals surface area (Å²) in [6.45, 7) is 2.17. The van der Waals surface area contributed by atoms with Crippen molar-refractivity contribution in [1.82, 2.24) is 0 Å². The molecule has 0 saturated heterocycles. The highest BCUT2D eigenvalue weighted by Crippen LogP contribution is 2.44. The average molecular weight is 247 g/mol. The zero-order chi connectivity index (χ0) is 11.0. The first-order valence-electron chi connectivity index (χ1n) is 5.16. The van der Waals surface area contributed by atoms with Gasteiger partial charge in [0.15, 0.2) is 0 Å². The zero-order valence-electron chi connectivity index (χ0n) is 8.51. The van der Waals surface area contributed by atoms with Gasteiger partial charge in [-0.05, 0) is 36.8 Å². The van der Waals surface area contributed by atoms with E-state index in [4.69, 9.17) is 23.2 Å². The van der Waals surface area contributed by atoms with E-state index >= 15 is 0 Å². The van der Waals surface area contributed by atoms with Crippen molar-refractivity contribution in [2.45, 2.75) is 25.1 Å². The molecule has 1 aliphatic carbocycles. The van der Waals surface area contributed by atoms with E-state index in [1.54, 1.807) is 12.1 Å². The van der Waals surface area contributed by atoms with Crippen LogP contribution in [-0.4, -0.2) is 5.38 Å². The van der Waals surface area contributed by atoms with Gasteiger partial charge in [-0.3, -0.25) is 0 Å². The van der Waals surface area contributed by atoms with Gasteiger partial charge in [-0.15, -0.1) is 11.6 Å². The van der Waals surface area contributed by atoms with E-state index in [1.807, 2.05) is 0 Å². The van der Waals surface area contributed by atoms with Crippen LogP contribution in [0.25, 0.3) is 0 Å². The smallest absolute Gasteiger partial charge is 0.127 e. The van der Waals surface area contributed by atoms with Crippen LogP contribution in [-0.2, 0) is 6.42 Å². The van der Waals surface area contributed by atoms with Crippen LogP contribution in [0.2, 0.25) is 5.02 Å². The predicted molar refractivity (Wildman–Crippen MR) is 62.0 cm³/mol. The van der Waals surface area contributed by atoms with Crippen molar-refractivity contribution in [1.29, 1.82) is 0 Å². The van der Waals surface area contributed by atoms with Crippen molar-refractivity contribution in [3.63, 3.8) is 0 Å². The van der Waals surface area contributed by atoms with Crippen molar-refractivity contribution >= 4 is 23.2 Å². The van der Waals surface area contributed by atoms with Crippen LogP contribution >= 0.6 is 23.2 Å². The highest BCUT2D eigenvalue weighted by atomic mass is 35.5. The molecule has 0 radical (unpaired) electrons. The van der Waals surface area contributed by atoms with Gasteiger partial charge in [-0.25, -0.2) is 4.39 Å². The van der Waals surface area contributed by atoms with Crippen molar-refractivity contribution in [2.24, 2.45) is 11.8 Å². The molecule has 3 unspecified atom stereocenters. The molecule has 82 valence electrons. The number of alkyl halides is 1. The molecule has 1 aromatic rings. The lowest BCUT2D eigenvalue weighted by Gasteiger charge is -2.10. The third-order valence-corrected chi connectivity index (χ3v) is 3.93. The maximum Gasteiger partial charge on any atom is 0.127 e. The monoisotopic (exact) mass is 246 g/mol. The van der Waals surface area contributed by atoms with Crippen LogP contribution in [0, 0.1) is 17.7 Å². The molecule has 15 heavy (non-hydrogen) atoms. The van der Waals surface area contributed by atoms with Gasteiger partial charge in [-0.2, -0.15) is 0 Å². The number of rotatable bonds is 3. The van der Waals surface area contributed by atoms with E-state index in [0.29, 0.717) is 28.8 Å². The van der Waals surface area contributed by atoms with E-state index in [9.17, 15) is 4.39 Å². The van der Waals surface area contributed by atoms with E-state index in [-0.39, 0.29) is 11.2 Å². The summed E-state index contributed by atoms with van der Waals surface area (Å²) in [5.41, 5.74) is 0.554. The molecule has 0 heterocycles. The molecule has 1 aliphatic rings. The highest BCUT2D eigenvalue weighted by molar-refractivity contribution is 6.31. The summed E-state index contributed by atoms with van der Waals surface area (Å²) in [7, 11) is 0. The Hall–Kier alpha value is -0.270. The Morgan fingerprint density at radius 2 is 2.20 bits per heavy atom. The van der Waals surface area contributed by atoms with Gasteiger partial charge >= 0.3 is 0 Å². The van der Waals surface area contributed by atoms with Crippen LogP contribution in [0.15, 0.2) is 18.2 Å². The van der Waals surface area contributed by atoms with Gasteiger partial charge in [-0.1, -0.05) is 24.6 Å². The summed E-state index contributed by atoms with van der Waals surface area (Å²) in [6.07, 6.45) is 1.68. The molecule has 1 aromatic carbocycles. The molecule has 0 N–H and O–H groups in total. The fraction of sp³-hybridized carbons (Fsp3) is 0.500. The molecule has 1 fully saturated rings. The minimum Gasteiger partial charge on any atom is -0.207 e. The fourth-order valence-electron chi connectivity index (χ4n) is 1.93. The van der Waals surface area contributed by atoms with Crippen LogP contribution in [0.5, 0.6) is 0 Å². The van der Waals surface area contributed by atoms with E-state index in [0.717, 1.165) is 6.42 Å². The van der Waals surface area contributed by atoms with Gasteiger partial charge in [0.1, 0.15) is 5.82 Å². The summed E-state index contributed by atoms with van der Waals surface area (Å²) in [6, 6.07) is 4.76. The normalized spacial score (nSPS) is 26.4. The molecule has 0 amide bonds. The third-order valence-electron chi connectivity index (χ3n) is 3.10. The van der Waals surface area contributed by atoms with Crippen LogP contribution in [0.3, 0.4) is 0 Å². The molecule has 0 aromatic heterocycles. The second kappa shape index (κ2) is 4.31. The fourth-order valence-corrected chi connectivity index (χ4v) is 2.67. The quantitative estimate of drug-likeness (QED) is 0.699. The number of hydrogen-bond donors (Lipinski definition) is 0. The third kappa shape index (κ3) is 2.46.